The van der Waals surface area contributed by atoms with Gasteiger partial charge in [-0.1, -0.05) is 32.6 Å². The molecule has 0 saturated heterocycles. The molecule has 1 aromatic rings. The first-order chi connectivity index (χ1) is 8.64. The van der Waals surface area contributed by atoms with Crippen LogP contribution in [-0.2, 0) is 5.54 Å². The molecule has 1 aliphatic carbocycles. The summed E-state index contributed by atoms with van der Waals surface area (Å²) in [4.78, 5) is 3.94. The Hall–Kier alpha value is -0.960. The lowest BCUT2D eigenvalue weighted by Gasteiger charge is -2.28. The van der Waals surface area contributed by atoms with E-state index in [1.807, 2.05) is 0 Å². The lowest BCUT2D eigenvalue weighted by Crippen LogP contribution is -2.36. The van der Waals surface area contributed by atoms with E-state index < -0.39 is 0 Å². The van der Waals surface area contributed by atoms with E-state index in [2.05, 4.69) is 11.9 Å². The summed E-state index contributed by atoms with van der Waals surface area (Å²) in [5.41, 5.74) is 6.98. The van der Waals surface area contributed by atoms with Crippen LogP contribution in [-0.4, -0.2) is 4.98 Å². The van der Waals surface area contributed by atoms with Gasteiger partial charge in [-0.15, -0.1) is 0 Å². The highest BCUT2D eigenvalue weighted by Crippen LogP contribution is 2.37. The Labute approximate surface area is 109 Å². The Morgan fingerprint density at radius 2 is 2.22 bits per heavy atom. The van der Waals surface area contributed by atoms with Crippen LogP contribution < -0.4 is 5.73 Å². The summed E-state index contributed by atoms with van der Waals surface area (Å²) in [6.07, 6.45) is 10.9. The van der Waals surface area contributed by atoms with E-state index in [9.17, 15) is 4.39 Å². The molecule has 2 rings (SSSR count). The van der Waals surface area contributed by atoms with Crippen molar-refractivity contribution in [2.75, 3.05) is 0 Å². The molecule has 0 amide bonds. The zero-order valence-electron chi connectivity index (χ0n) is 11.2. The van der Waals surface area contributed by atoms with Gasteiger partial charge in [0.1, 0.15) is 5.82 Å². The van der Waals surface area contributed by atoms with E-state index in [1.54, 1.807) is 12.3 Å². The van der Waals surface area contributed by atoms with Gasteiger partial charge in [-0.3, -0.25) is 4.98 Å². The van der Waals surface area contributed by atoms with Gasteiger partial charge in [0.2, 0.25) is 0 Å². The molecule has 2 N–H and O–H groups in total. The maximum absolute atomic E-state index is 13.3. The van der Waals surface area contributed by atoms with Crippen molar-refractivity contribution in [2.45, 2.75) is 57.4 Å². The normalized spacial score (nSPS) is 28.9. The second kappa shape index (κ2) is 5.79. The molecule has 0 aromatic carbocycles. The predicted molar refractivity (Wildman–Crippen MR) is 71.5 cm³/mol. The number of hydrogen-bond donors (Lipinski definition) is 1. The van der Waals surface area contributed by atoms with Gasteiger partial charge in [0.15, 0.2) is 0 Å². The molecule has 100 valence electrons. The Balaban J connectivity index is 2.11. The van der Waals surface area contributed by atoms with Crippen molar-refractivity contribution in [3.63, 3.8) is 0 Å². The van der Waals surface area contributed by atoms with E-state index in [1.165, 1.54) is 25.5 Å². The minimum Gasteiger partial charge on any atom is -0.321 e. The number of halogens is 1. The van der Waals surface area contributed by atoms with Gasteiger partial charge in [0, 0.05) is 11.7 Å². The van der Waals surface area contributed by atoms with Crippen molar-refractivity contribution < 1.29 is 4.39 Å². The monoisotopic (exact) mass is 250 g/mol. The highest BCUT2D eigenvalue weighted by atomic mass is 19.1. The quantitative estimate of drug-likeness (QED) is 0.830. The minimum atomic E-state index is -0.377. The van der Waals surface area contributed by atoms with Crippen LogP contribution in [0.4, 0.5) is 4.39 Å². The lowest BCUT2D eigenvalue weighted by atomic mass is 9.84. The van der Waals surface area contributed by atoms with Crippen LogP contribution in [0, 0.1) is 11.7 Å². The first-order valence-electron chi connectivity index (χ1n) is 7.04. The molecule has 0 spiro atoms. The Morgan fingerprint density at radius 3 is 2.94 bits per heavy atom. The number of nitrogens with two attached hydrogens (primary N) is 1. The number of hydrogen-bond acceptors (Lipinski definition) is 2. The standard InChI is InChI=1S/C15H23FN2/c1-2-4-12-5-3-7-15(17,8-6-12)13-9-14(16)11-18-10-13/h9-12H,2-8,17H2,1H3. The van der Waals surface area contributed by atoms with Crippen molar-refractivity contribution in [2.24, 2.45) is 11.7 Å². The van der Waals surface area contributed by atoms with Gasteiger partial charge in [-0.25, -0.2) is 4.39 Å². The van der Waals surface area contributed by atoms with Crippen LogP contribution in [0.5, 0.6) is 0 Å². The number of nitrogens with zero attached hydrogens (tertiary/aromatic N) is 1. The van der Waals surface area contributed by atoms with E-state index in [-0.39, 0.29) is 11.4 Å². The largest absolute Gasteiger partial charge is 0.321 e. The van der Waals surface area contributed by atoms with Gasteiger partial charge < -0.3 is 5.73 Å². The van der Waals surface area contributed by atoms with E-state index in [0.717, 1.165) is 37.2 Å². The maximum atomic E-state index is 13.3. The number of rotatable bonds is 3. The summed E-state index contributed by atoms with van der Waals surface area (Å²) in [5.74, 6) is 0.508. The first-order valence-corrected chi connectivity index (χ1v) is 7.04. The topological polar surface area (TPSA) is 38.9 Å². The smallest absolute Gasteiger partial charge is 0.141 e. The molecular weight excluding hydrogens is 227 g/mol. The van der Waals surface area contributed by atoms with E-state index >= 15 is 0 Å². The Morgan fingerprint density at radius 1 is 1.39 bits per heavy atom. The van der Waals surface area contributed by atoms with Gasteiger partial charge in [0.25, 0.3) is 0 Å². The van der Waals surface area contributed by atoms with Crippen molar-refractivity contribution in [3.05, 3.63) is 29.8 Å². The van der Waals surface area contributed by atoms with Gasteiger partial charge in [-0.05, 0) is 36.8 Å². The third-order valence-corrected chi connectivity index (χ3v) is 4.21. The zero-order valence-corrected chi connectivity index (χ0v) is 11.2. The van der Waals surface area contributed by atoms with Gasteiger partial charge >= 0.3 is 0 Å². The summed E-state index contributed by atoms with van der Waals surface area (Å²) < 4.78 is 13.3. The molecular formula is C15H23FN2. The van der Waals surface area contributed by atoms with Crippen LogP contribution in [0.15, 0.2) is 18.5 Å². The summed E-state index contributed by atoms with van der Waals surface area (Å²) in [7, 11) is 0. The van der Waals surface area contributed by atoms with Crippen LogP contribution in [0.25, 0.3) is 0 Å². The molecule has 1 aliphatic rings. The molecule has 0 aliphatic heterocycles. The summed E-state index contributed by atoms with van der Waals surface area (Å²) in [6, 6.07) is 1.55. The van der Waals surface area contributed by atoms with Crippen molar-refractivity contribution in [1.29, 1.82) is 0 Å². The molecule has 0 bridgehead atoms. The van der Waals surface area contributed by atoms with Crippen molar-refractivity contribution >= 4 is 0 Å². The van der Waals surface area contributed by atoms with Crippen LogP contribution in [0.3, 0.4) is 0 Å². The molecule has 1 aromatic heterocycles. The fourth-order valence-corrected chi connectivity index (χ4v) is 3.11. The average molecular weight is 250 g/mol. The van der Waals surface area contributed by atoms with Crippen LogP contribution in [0.1, 0.15) is 57.4 Å². The molecule has 1 fully saturated rings. The minimum absolute atomic E-state index is 0.285. The third kappa shape index (κ3) is 3.08. The summed E-state index contributed by atoms with van der Waals surface area (Å²) in [5, 5.41) is 0. The molecule has 18 heavy (non-hydrogen) atoms. The Kier molecular flexibility index (Phi) is 4.33. The molecule has 2 atom stereocenters. The third-order valence-electron chi connectivity index (χ3n) is 4.21. The number of aromatic nitrogens is 1. The maximum Gasteiger partial charge on any atom is 0.141 e. The highest BCUT2D eigenvalue weighted by Gasteiger charge is 2.31. The molecule has 2 nitrogen and oxygen atoms in total. The lowest BCUT2D eigenvalue weighted by molar-refractivity contribution is 0.364. The molecule has 2 unspecified atom stereocenters. The van der Waals surface area contributed by atoms with Crippen LogP contribution >= 0.6 is 0 Å². The highest BCUT2D eigenvalue weighted by molar-refractivity contribution is 5.21. The summed E-state index contributed by atoms with van der Waals surface area (Å²) in [6.45, 7) is 2.23. The number of pyridine rings is 1. The van der Waals surface area contributed by atoms with Crippen LogP contribution in [0.2, 0.25) is 0 Å². The summed E-state index contributed by atoms with van der Waals surface area (Å²) >= 11 is 0. The van der Waals surface area contributed by atoms with Gasteiger partial charge in [-0.2, -0.15) is 0 Å². The van der Waals surface area contributed by atoms with E-state index in [4.69, 9.17) is 5.73 Å². The zero-order chi connectivity index (χ0) is 13.0. The van der Waals surface area contributed by atoms with E-state index in [0.29, 0.717) is 0 Å². The molecule has 1 heterocycles. The molecule has 0 radical (unpaired) electrons. The van der Waals surface area contributed by atoms with Gasteiger partial charge in [0.05, 0.1) is 6.20 Å². The fraction of sp³-hybridized carbons (Fsp3) is 0.667. The SMILES string of the molecule is CCCC1CCCC(N)(c2cncc(F)c2)CC1. The second-order valence-corrected chi connectivity index (χ2v) is 5.63. The predicted octanol–water partition coefficient (Wildman–Crippen LogP) is 3.76. The Bertz CT molecular complexity index is 394. The first kappa shape index (κ1) is 13.5. The molecule has 1 saturated carbocycles. The van der Waals surface area contributed by atoms with Crippen molar-refractivity contribution in [3.8, 4) is 0 Å². The van der Waals surface area contributed by atoms with Crippen molar-refractivity contribution in [1.82, 2.24) is 4.98 Å². The molecule has 3 heteroatoms. The second-order valence-electron chi connectivity index (χ2n) is 5.63. The average Bonchev–Trinajstić information content (AvgIpc) is 2.54. The fourth-order valence-electron chi connectivity index (χ4n) is 3.11.